The average molecular weight is 498 g/mol. The van der Waals surface area contributed by atoms with Gasteiger partial charge in [-0.3, -0.25) is 24.9 Å². The fourth-order valence-electron chi connectivity index (χ4n) is 4.48. The number of esters is 1. The zero-order valence-corrected chi connectivity index (χ0v) is 20.0. The molecular formula is C27H22N4O6. The van der Waals surface area contributed by atoms with Crippen molar-refractivity contribution in [2.75, 3.05) is 18.6 Å². The van der Waals surface area contributed by atoms with Crippen LogP contribution in [0.2, 0.25) is 0 Å². The number of aromatic amines is 1. The molecule has 0 bridgehead atoms. The number of nitro benzene ring substituents is 1. The highest BCUT2D eigenvalue weighted by atomic mass is 16.6. The van der Waals surface area contributed by atoms with E-state index in [0.29, 0.717) is 33.8 Å². The number of nitro groups is 1. The maximum absolute atomic E-state index is 13.7. The van der Waals surface area contributed by atoms with Crippen molar-refractivity contribution in [2.24, 2.45) is 0 Å². The molecule has 1 aliphatic heterocycles. The first kappa shape index (κ1) is 23.7. The van der Waals surface area contributed by atoms with Gasteiger partial charge in [-0.05, 0) is 61.0 Å². The van der Waals surface area contributed by atoms with E-state index in [1.165, 1.54) is 12.1 Å². The molecule has 0 spiro atoms. The molecule has 4 aromatic rings. The van der Waals surface area contributed by atoms with Crippen LogP contribution in [0.25, 0.3) is 11.3 Å². The highest BCUT2D eigenvalue weighted by molar-refractivity contribution is 6.12. The summed E-state index contributed by atoms with van der Waals surface area (Å²) in [5.74, 6) is -0.138. The molecule has 3 aromatic carbocycles. The number of hydrogen-bond donors (Lipinski definition) is 1. The van der Waals surface area contributed by atoms with E-state index in [1.54, 1.807) is 67.5 Å². The third kappa shape index (κ3) is 4.18. The highest BCUT2D eigenvalue weighted by Gasteiger charge is 2.43. The van der Waals surface area contributed by atoms with Gasteiger partial charge in [0.25, 0.3) is 11.6 Å². The number of hydrogen-bond acceptors (Lipinski definition) is 7. The van der Waals surface area contributed by atoms with E-state index in [-0.39, 0.29) is 23.9 Å². The van der Waals surface area contributed by atoms with Gasteiger partial charge in [-0.2, -0.15) is 5.10 Å². The molecule has 10 heteroatoms. The molecule has 0 radical (unpaired) electrons. The molecule has 1 aromatic heterocycles. The van der Waals surface area contributed by atoms with Crippen LogP contribution >= 0.6 is 0 Å². The molecule has 1 aliphatic rings. The molecule has 2 heterocycles. The number of H-pyrrole nitrogens is 1. The van der Waals surface area contributed by atoms with Gasteiger partial charge in [-0.1, -0.05) is 12.1 Å². The van der Waals surface area contributed by atoms with E-state index >= 15 is 0 Å². The normalized spacial score (nSPS) is 14.4. The van der Waals surface area contributed by atoms with Crippen molar-refractivity contribution < 1.29 is 24.0 Å². The quantitative estimate of drug-likeness (QED) is 0.218. The summed E-state index contributed by atoms with van der Waals surface area (Å²) in [5, 5.41) is 18.8. The summed E-state index contributed by atoms with van der Waals surface area (Å²) in [6.07, 6.45) is 0. The molecule has 1 amide bonds. The lowest BCUT2D eigenvalue weighted by Gasteiger charge is -2.26. The van der Waals surface area contributed by atoms with Crippen LogP contribution in [0, 0.1) is 10.1 Å². The molecule has 5 rings (SSSR count). The number of nitrogens with one attached hydrogen (secondary N) is 1. The van der Waals surface area contributed by atoms with Crippen LogP contribution in [0.4, 0.5) is 11.4 Å². The zero-order chi connectivity index (χ0) is 26.1. The standard InChI is InChI=1S/C27H22N4O6/c1-3-37-27(33)17-7-11-19(12-8-17)30-25(18-5-4-6-20(15-18)31(34)35)22-23(28-29-24(22)26(30)32)16-9-13-21(36-2)14-10-16/h4-15,25H,3H2,1-2H3,(H,28,29). The predicted octanol–water partition coefficient (Wildman–Crippen LogP) is 4.92. The summed E-state index contributed by atoms with van der Waals surface area (Å²) >= 11 is 0. The first-order chi connectivity index (χ1) is 17.9. The lowest BCUT2D eigenvalue weighted by Crippen LogP contribution is -2.29. The average Bonchev–Trinajstić information content (AvgIpc) is 3.48. The number of non-ortho nitro benzene ring substituents is 1. The third-order valence-electron chi connectivity index (χ3n) is 6.19. The second-order valence-electron chi connectivity index (χ2n) is 8.29. The number of benzene rings is 3. The highest BCUT2D eigenvalue weighted by Crippen LogP contribution is 2.45. The molecule has 0 saturated carbocycles. The number of methoxy groups -OCH3 is 1. The van der Waals surface area contributed by atoms with Gasteiger partial charge >= 0.3 is 5.97 Å². The second-order valence-corrected chi connectivity index (χ2v) is 8.29. The SMILES string of the molecule is CCOC(=O)c1ccc(N2C(=O)c3[nH]nc(-c4ccc(OC)cc4)c3C2c2cccc([N+](=O)[O-])c2)cc1. The number of carbonyl (C=O) groups excluding carboxylic acids is 2. The van der Waals surface area contributed by atoms with Gasteiger partial charge < -0.3 is 9.47 Å². The smallest absolute Gasteiger partial charge is 0.338 e. The molecule has 0 aliphatic carbocycles. The fraction of sp³-hybridized carbons (Fsp3) is 0.148. The van der Waals surface area contributed by atoms with E-state index < -0.39 is 16.9 Å². The summed E-state index contributed by atoms with van der Waals surface area (Å²) < 4.78 is 10.3. The minimum Gasteiger partial charge on any atom is -0.497 e. The topological polar surface area (TPSA) is 128 Å². The van der Waals surface area contributed by atoms with Crippen molar-refractivity contribution >= 4 is 23.3 Å². The minimum absolute atomic E-state index is 0.0921. The van der Waals surface area contributed by atoms with Crippen molar-refractivity contribution in [1.29, 1.82) is 0 Å². The number of fused-ring (bicyclic) bond motifs is 1. The molecule has 37 heavy (non-hydrogen) atoms. The summed E-state index contributed by atoms with van der Waals surface area (Å²) in [7, 11) is 1.57. The van der Waals surface area contributed by atoms with Crippen molar-refractivity contribution in [1.82, 2.24) is 10.2 Å². The first-order valence-corrected chi connectivity index (χ1v) is 11.5. The number of aromatic nitrogens is 2. The Balaban J connectivity index is 1.65. The van der Waals surface area contributed by atoms with Crippen LogP contribution in [0.5, 0.6) is 5.75 Å². The monoisotopic (exact) mass is 498 g/mol. The molecule has 10 nitrogen and oxygen atoms in total. The van der Waals surface area contributed by atoms with E-state index in [9.17, 15) is 19.7 Å². The Morgan fingerprint density at radius 1 is 1.11 bits per heavy atom. The van der Waals surface area contributed by atoms with Gasteiger partial charge in [0.1, 0.15) is 11.4 Å². The molecule has 186 valence electrons. The summed E-state index contributed by atoms with van der Waals surface area (Å²) in [5.41, 5.74) is 3.51. The van der Waals surface area contributed by atoms with E-state index in [4.69, 9.17) is 9.47 Å². The van der Waals surface area contributed by atoms with Crippen molar-refractivity contribution in [3.63, 3.8) is 0 Å². The Kier molecular flexibility index (Phi) is 6.14. The second kappa shape index (κ2) is 9.57. The zero-order valence-electron chi connectivity index (χ0n) is 20.0. The van der Waals surface area contributed by atoms with Crippen molar-refractivity contribution in [2.45, 2.75) is 13.0 Å². The molecule has 1 N–H and O–H groups in total. The lowest BCUT2D eigenvalue weighted by atomic mass is 9.95. The Labute approximate surface area is 211 Å². The van der Waals surface area contributed by atoms with Gasteiger partial charge in [0.15, 0.2) is 0 Å². The number of anilines is 1. The Morgan fingerprint density at radius 2 is 1.84 bits per heavy atom. The van der Waals surface area contributed by atoms with Crippen LogP contribution < -0.4 is 9.64 Å². The van der Waals surface area contributed by atoms with Gasteiger partial charge in [0.05, 0.1) is 35.9 Å². The van der Waals surface area contributed by atoms with Gasteiger partial charge in [0, 0.05) is 28.9 Å². The number of rotatable bonds is 7. The molecule has 0 fully saturated rings. The van der Waals surface area contributed by atoms with Crippen LogP contribution in [0.1, 0.15) is 44.9 Å². The molecule has 1 atom stereocenters. The minimum atomic E-state index is -0.702. The fourth-order valence-corrected chi connectivity index (χ4v) is 4.48. The van der Waals surface area contributed by atoms with Crippen LogP contribution in [0.3, 0.4) is 0 Å². The largest absolute Gasteiger partial charge is 0.497 e. The molecule has 0 saturated heterocycles. The third-order valence-corrected chi connectivity index (χ3v) is 6.19. The van der Waals surface area contributed by atoms with E-state index in [1.807, 2.05) is 12.1 Å². The summed E-state index contributed by atoms with van der Waals surface area (Å²) in [6, 6.07) is 19.2. The number of carbonyl (C=O) groups is 2. The van der Waals surface area contributed by atoms with Gasteiger partial charge in [0.2, 0.25) is 0 Å². The van der Waals surface area contributed by atoms with Crippen LogP contribution in [0.15, 0.2) is 72.8 Å². The van der Waals surface area contributed by atoms with Crippen LogP contribution in [-0.2, 0) is 4.74 Å². The maximum Gasteiger partial charge on any atom is 0.338 e. The summed E-state index contributed by atoms with van der Waals surface area (Å²) in [6.45, 7) is 1.97. The van der Waals surface area contributed by atoms with E-state index in [0.717, 1.165) is 5.56 Å². The maximum atomic E-state index is 13.7. The Morgan fingerprint density at radius 3 is 2.49 bits per heavy atom. The molecular weight excluding hydrogens is 476 g/mol. The van der Waals surface area contributed by atoms with Crippen molar-refractivity contribution in [3.8, 4) is 17.0 Å². The Bertz CT molecular complexity index is 1490. The predicted molar refractivity (Wildman–Crippen MR) is 135 cm³/mol. The van der Waals surface area contributed by atoms with Crippen LogP contribution in [-0.4, -0.2) is 40.7 Å². The van der Waals surface area contributed by atoms with Gasteiger partial charge in [-0.25, -0.2) is 4.79 Å². The van der Waals surface area contributed by atoms with E-state index in [2.05, 4.69) is 10.2 Å². The number of nitrogens with zero attached hydrogens (tertiary/aromatic N) is 3. The Hall–Kier alpha value is -4.99. The number of amides is 1. The van der Waals surface area contributed by atoms with Gasteiger partial charge in [-0.15, -0.1) is 0 Å². The lowest BCUT2D eigenvalue weighted by molar-refractivity contribution is -0.384. The molecule has 1 unspecified atom stereocenters. The van der Waals surface area contributed by atoms with Crippen molar-refractivity contribution in [3.05, 3.63) is 105 Å². The number of ether oxygens (including phenoxy) is 2. The first-order valence-electron chi connectivity index (χ1n) is 11.5. The summed E-state index contributed by atoms with van der Waals surface area (Å²) in [4.78, 5) is 38.4.